The lowest BCUT2D eigenvalue weighted by atomic mass is 10.2. The molecule has 0 aliphatic heterocycles. The summed E-state index contributed by atoms with van der Waals surface area (Å²) >= 11 is 3.18. The zero-order valence-electron chi connectivity index (χ0n) is 14.1. The van der Waals surface area contributed by atoms with E-state index >= 15 is 0 Å². The Morgan fingerprint density at radius 3 is 2.85 bits per heavy atom. The molecule has 7 nitrogen and oxygen atoms in total. The number of hydrogen-bond acceptors (Lipinski definition) is 5. The molecule has 0 bridgehead atoms. The van der Waals surface area contributed by atoms with E-state index in [1.165, 1.54) is 18.3 Å². The Balaban J connectivity index is 2.20. The van der Waals surface area contributed by atoms with Gasteiger partial charge >= 0.3 is 5.69 Å². The number of carbonyl (C=O) groups is 1. The number of nitro groups is 1. The van der Waals surface area contributed by atoms with Gasteiger partial charge in [-0.15, -0.1) is 0 Å². The first-order valence-corrected chi connectivity index (χ1v) is 8.81. The number of anilines is 1. The lowest BCUT2D eigenvalue weighted by molar-refractivity contribution is -0.385. The van der Waals surface area contributed by atoms with Crippen molar-refractivity contribution >= 4 is 45.1 Å². The van der Waals surface area contributed by atoms with Gasteiger partial charge in [0.15, 0.2) is 0 Å². The quantitative estimate of drug-likeness (QED) is 0.376. The van der Waals surface area contributed by atoms with E-state index in [9.17, 15) is 20.0 Å². The molecule has 2 aromatic carbocycles. The summed E-state index contributed by atoms with van der Waals surface area (Å²) in [5.41, 5.74) is 0.965. The van der Waals surface area contributed by atoms with Gasteiger partial charge in [0.1, 0.15) is 0 Å². The largest absolute Gasteiger partial charge is 0.502 e. The highest BCUT2D eigenvalue weighted by atomic mass is 79.9. The van der Waals surface area contributed by atoms with Crippen LogP contribution in [0, 0.1) is 10.1 Å². The molecule has 2 N–H and O–H groups in total. The van der Waals surface area contributed by atoms with E-state index in [1.807, 2.05) is 6.92 Å². The minimum Gasteiger partial charge on any atom is -0.502 e. The van der Waals surface area contributed by atoms with Crippen molar-refractivity contribution in [1.82, 2.24) is 0 Å². The Morgan fingerprint density at radius 1 is 1.38 bits per heavy atom. The number of aromatic hydroxyl groups is 1. The minimum atomic E-state index is -0.663. The number of benzene rings is 2. The molecule has 26 heavy (non-hydrogen) atoms. The van der Waals surface area contributed by atoms with Crippen LogP contribution < -0.4 is 5.32 Å². The van der Waals surface area contributed by atoms with E-state index in [4.69, 9.17) is 0 Å². The van der Waals surface area contributed by atoms with Crippen LogP contribution in [0.1, 0.15) is 31.7 Å². The molecule has 0 unspecified atom stereocenters. The van der Waals surface area contributed by atoms with E-state index in [-0.39, 0.29) is 11.5 Å². The maximum Gasteiger partial charge on any atom is 0.312 e. The fourth-order valence-electron chi connectivity index (χ4n) is 2.21. The number of nitro benzene ring substituents is 1. The maximum atomic E-state index is 11.8. The van der Waals surface area contributed by atoms with Crippen LogP contribution in [0.25, 0.3) is 0 Å². The second kappa shape index (κ2) is 9.10. The van der Waals surface area contributed by atoms with E-state index in [1.54, 1.807) is 24.3 Å². The van der Waals surface area contributed by atoms with E-state index in [0.29, 0.717) is 22.3 Å². The first-order chi connectivity index (χ1) is 12.4. The van der Waals surface area contributed by atoms with Crippen LogP contribution in [-0.2, 0) is 4.79 Å². The monoisotopic (exact) mass is 419 g/mol. The third-order valence-electron chi connectivity index (χ3n) is 3.52. The molecular weight excluding hydrogens is 402 g/mol. The van der Waals surface area contributed by atoms with Crippen molar-refractivity contribution in [1.29, 1.82) is 0 Å². The molecule has 0 saturated heterocycles. The first kappa shape index (κ1) is 19.6. The van der Waals surface area contributed by atoms with Gasteiger partial charge in [0.2, 0.25) is 11.7 Å². The van der Waals surface area contributed by atoms with E-state index < -0.39 is 16.4 Å². The highest BCUT2D eigenvalue weighted by molar-refractivity contribution is 9.10. The molecule has 2 aromatic rings. The summed E-state index contributed by atoms with van der Waals surface area (Å²) in [4.78, 5) is 26.3. The number of nitrogens with zero attached hydrogens (tertiary/aromatic N) is 2. The lowest BCUT2D eigenvalue weighted by Crippen LogP contribution is -2.10. The van der Waals surface area contributed by atoms with Gasteiger partial charge in [0, 0.05) is 34.4 Å². The average molecular weight is 420 g/mol. The number of nitrogens with one attached hydrogen (secondary N) is 1. The number of rotatable bonds is 7. The van der Waals surface area contributed by atoms with Crippen LogP contribution in [0.3, 0.4) is 0 Å². The third-order valence-corrected chi connectivity index (χ3v) is 3.98. The molecule has 0 radical (unpaired) electrons. The van der Waals surface area contributed by atoms with Gasteiger partial charge in [-0.1, -0.05) is 35.3 Å². The summed E-state index contributed by atoms with van der Waals surface area (Å²) in [6.45, 7) is 2.02. The number of aliphatic imine (C=N–C) groups is 1. The molecule has 8 heteroatoms. The number of phenolic OH excluding ortho intramolecular Hbond substituents is 1. The fourth-order valence-corrected chi connectivity index (χ4v) is 2.68. The number of amides is 1. The van der Waals surface area contributed by atoms with E-state index in [2.05, 4.69) is 26.2 Å². The summed E-state index contributed by atoms with van der Waals surface area (Å²) in [5, 5.41) is 23.8. The predicted molar refractivity (Wildman–Crippen MR) is 104 cm³/mol. The van der Waals surface area contributed by atoms with Crippen LogP contribution in [0.2, 0.25) is 0 Å². The van der Waals surface area contributed by atoms with Gasteiger partial charge in [-0.3, -0.25) is 19.9 Å². The van der Waals surface area contributed by atoms with Crippen LogP contribution in [0.5, 0.6) is 5.75 Å². The molecule has 0 aromatic heterocycles. The number of hydrogen-bond donors (Lipinski definition) is 2. The van der Waals surface area contributed by atoms with E-state index in [0.717, 1.165) is 12.8 Å². The van der Waals surface area contributed by atoms with Gasteiger partial charge in [0.05, 0.1) is 10.6 Å². The third kappa shape index (κ3) is 5.38. The number of phenols is 1. The molecule has 2 rings (SSSR count). The van der Waals surface area contributed by atoms with Gasteiger partial charge in [-0.25, -0.2) is 0 Å². The Morgan fingerprint density at radius 2 is 2.15 bits per heavy atom. The van der Waals surface area contributed by atoms with Gasteiger partial charge in [-0.2, -0.15) is 0 Å². The van der Waals surface area contributed by atoms with Crippen molar-refractivity contribution < 1.29 is 14.8 Å². The Labute approximate surface area is 159 Å². The minimum absolute atomic E-state index is 0.0618. The molecule has 0 aliphatic rings. The molecule has 0 heterocycles. The molecule has 0 saturated carbocycles. The summed E-state index contributed by atoms with van der Waals surface area (Å²) in [5.74, 6) is -0.515. The number of halogens is 1. The zero-order chi connectivity index (χ0) is 19.1. The molecule has 0 fully saturated rings. The molecule has 0 atom stereocenters. The topological polar surface area (TPSA) is 105 Å². The first-order valence-electron chi connectivity index (χ1n) is 8.01. The van der Waals surface area contributed by atoms with Crippen molar-refractivity contribution in [2.75, 3.05) is 5.32 Å². The molecule has 0 aliphatic carbocycles. The molecule has 136 valence electrons. The summed E-state index contributed by atoms with van der Waals surface area (Å²) < 4.78 is 0.459. The lowest BCUT2D eigenvalue weighted by Gasteiger charge is -2.05. The van der Waals surface area contributed by atoms with Crippen LogP contribution >= 0.6 is 15.9 Å². The Kier molecular flexibility index (Phi) is 6.85. The second-order valence-corrected chi connectivity index (χ2v) is 6.50. The summed E-state index contributed by atoms with van der Waals surface area (Å²) in [6, 6.07) is 9.66. The molecular formula is C18H18BrN3O4. The van der Waals surface area contributed by atoms with Crippen molar-refractivity contribution in [3.63, 3.8) is 0 Å². The Hall–Kier alpha value is -2.74. The van der Waals surface area contributed by atoms with Crippen LogP contribution in [0.4, 0.5) is 17.1 Å². The normalized spacial score (nSPS) is 10.8. The zero-order valence-corrected chi connectivity index (χ0v) is 15.7. The van der Waals surface area contributed by atoms with Gasteiger partial charge in [0.25, 0.3) is 0 Å². The van der Waals surface area contributed by atoms with Gasteiger partial charge in [-0.05, 0) is 30.7 Å². The number of unbranched alkanes of at least 4 members (excludes halogenated alkanes) is 1. The maximum absolute atomic E-state index is 11.8. The summed E-state index contributed by atoms with van der Waals surface area (Å²) in [6.07, 6.45) is 3.56. The predicted octanol–water partition coefficient (Wildman–Crippen LogP) is 4.94. The van der Waals surface area contributed by atoms with Crippen molar-refractivity contribution in [2.45, 2.75) is 26.2 Å². The van der Waals surface area contributed by atoms with Crippen molar-refractivity contribution in [3.05, 3.63) is 56.5 Å². The van der Waals surface area contributed by atoms with Crippen LogP contribution in [0.15, 0.2) is 45.9 Å². The highest BCUT2D eigenvalue weighted by Gasteiger charge is 2.17. The molecule has 0 spiro atoms. The number of carbonyl (C=O) groups excluding carboxylic acids is 1. The van der Waals surface area contributed by atoms with Crippen LogP contribution in [-0.4, -0.2) is 22.2 Å². The molecule has 1 amide bonds. The van der Waals surface area contributed by atoms with Crippen molar-refractivity contribution in [2.24, 2.45) is 4.99 Å². The smallest absolute Gasteiger partial charge is 0.312 e. The second-order valence-electron chi connectivity index (χ2n) is 5.58. The SMILES string of the molecule is CCCCC(=O)Nc1cccc(N=Cc2cc(Br)cc([N+](=O)[O-])c2O)c1. The Bertz CT molecular complexity index is 852. The standard InChI is InChI=1S/C18H18BrN3O4/c1-2-3-7-17(23)21-15-6-4-5-14(10-15)20-11-12-8-13(19)9-16(18(12)24)22(25)26/h4-6,8-11,24H,2-3,7H2,1H3,(H,21,23). The van der Waals surface area contributed by atoms with Crippen molar-refractivity contribution in [3.8, 4) is 5.75 Å². The average Bonchev–Trinajstić information content (AvgIpc) is 2.60. The van der Waals surface area contributed by atoms with Gasteiger partial charge < -0.3 is 10.4 Å². The highest BCUT2D eigenvalue weighted by Crippen LogP contribution is 2.32. The summed E-state index contributed by atoms with van der Waals surface area (Å²) in [7, 11) is 0. The fraction of sp³-hybridized carbons (Fsp3) is 0.222.